The van der Waals surface area contributed by atoms with Crippen LogP contribution in [0.15, 0.2) is 64.4 Å². The minimum Gasteiger partial charge on any atom is -0.505 e. The fourth-order valence-electron chi connectivity index (χ4n) is 3.85. The van der Waals surface area contributed by atoms with Gasteiger partial charge in [0.05, 0.1) is 0 Å². The summed E-state index contributed by atoms with van der Waals surface area (Å²) >= 11 is 1.73. The Balaban J connectivity index is 1.58. The third-order valence-electron chi connectivity index (χ3n) is 5.66. The number of unbranched alkanes of at least 4 members (excludes halogenated alkanes) is 2. The molecule has 0 unspecified atom stereocenters. The van der Waals surface area contributed by atoms with Crippen molar-refractivity contribution in [2.45, 2.75) is 69.1 Å². The number of rotatable bonds is 9. The number of aromatic nitrogens is 3. The number of phenols is 1. The van der Waals surface area contributed by atoms with Crippen LogP contribution in [0.25, 0.3) is 16.7 Å². The first-order valence-corrected chi connectivity index (χ1v) is 12.4. The van der Waals surface area contributed by atoms with Crippen molar-refractivity contribution >= 4 is 22.8 Å². The van der Waals surface area contributed by atoms with Crippen molar-refractivity contribution in [3.63, 3.8) is 0 Å². The molecule has 0 saturated carbocycles. The molecule has 5 heteroatoms. The van der Waals surface area contributed by atoms with Gasteiger partial charge in [0.25, 0.3) is 0 Å². The van der Waals surface area contributed by atoms with E-state index >= 15 is 0 Å². The van der Waals surface area contributed by atoms with Gasteiger partial charge in [-0.2, -0.15) is 0 Å². The number of phenolic OH excluding ortho intramolecular Hbond substituents is 1. The Morgan fingerprint density at radius 2 is 1.50 bits per heavy atom. The van der Waals surface area contributed by atoms with Gasteiger partial charge in [0, 0.05) is 9.79 Å². The molecular formula is C27H31N3OS. The largest absolute Gasteiger partial charge is 0.505 e. The third-order valence-corrected chi connectivity index (χ3v) is 6.66. The molecule has 0 atom stereocenters. The summed E-state index contributed by atoms with van der Waals surface area (Å²) < 4.78 is 0. The third kappa shape index (κ3) is 5.16. The van der Waals surface area contributed by atoms with E-state index in [0.717, 1.165) is 52.7 Å². The Labute approximate surface area is 194 Å². The first kappa shape index (κ1) is 22.4. The number of aromatic hydroxyl groups is 1. The van der Waals surface area contributed by atoms with Crippen molar-refractivity contribution in [2.75, 3.05) is 0 Å². The maximum absolute atomic E-state index is 10.8. The molecule has 3 aromatic carbocycles. The van der Waals surface area contributed by atoms with Crippen LogP contribution in [0.2, 0.25) is 0 Å². The summed E-state index contributed by atoms with van der Waals surface area (Å²) in [6.07, 6.45) is 6.59. The predicted octanol–water partition coefficient (Wildman–Crippen LogP) is 7.27. The fraction of sp³-hybridized carbons (Fsp3) is 0.333. The lowest BCUT2D eigenvalue weighted by molar-refractivity contribution is 0.459. The Morgan fingerprint density at radius 1 is 0.812 bits per heavy atom. The topological polar surface area (TPSA) is 50.9 Å². The molecule has 0 radical (unpaired) electrons. The lowest BCUT2D eigenvalue weighted by Crippen LogP contribution is -2.02. The highest BCUT2D eigenvalue weighted by atomic mass is 32.2. The molecule has 4 aromatic rings. The number of nitrogens with zero attached hydrogens (tertiary/aromatic N) is 3. The zero-order valence-corrected chi connectivity index (χ0v) is 20.0. The summed E-state index contributed by atoms with van der Waals surface area (Å²) in [5, 5.41) is 20.2. The zero-order valence-electron chi connectivity index (χ0n) is 19.1. The van der Waals surface area contributed by atoms with Crippen molar-refractivity contribution in [1.82, 2.24) is 15.0 Å². The van der Waals surface area contributed by atoms with E-state index in [1.807, 2.05) is 19.1 Å². The van der Waals surface area contributed by atoms with Crippen molar-refractivity contribution in [3.8, 4) is 11.4 Å². The van der Waals surface area contributed by atoms with Gasteiger partial charge < -0.3 is 5.11 Å². The van der Waals surface area contributed by atoms with Gasteiger partial charge in [0.15, 0.2) is 0 Å². The number of aryl methyl sites for hydroxylation is 3. The van der Waals surface area contributed by atoms with Crippen LogP contribution in [0.4, 0.5) is 0 Å². The highest BCUT2D eigenvalue weighted by molar-refractivity contribution is 7.99. The molecule has 0 aliphatic carbocycles. The molecule has 1 heterocycles. The van der Waals surface area contributed by atoms with Gasteiger partial charge >= 0.3 is 0 Å². The van der Waals surface area contributed by atoms with Gasteiger partial charge in [-0.05, 0) is 85.7 Å². The maximum Gasteiger partial charge on any atom is 0.146 e. The van der Waals surface area contributed by atoms with Crippen LogP contribution >= 0.6 is 11.8 Å². The quantitative estimate of drug-likeness (QED) is 0.294. The van der Waals surface area contributed by atoms with E-state index < -0.39 is 0 Å². The Hall–Kier alpha value is -2.79. The second-order valence-corrected chi connectivity index (χ2v) is 9.53. The van der Waals surface area contributed by atoms with E-state index in [2.05, 4.69) is 66.5 Å². The molecular weight excluding hydrogens is 414 g/mol. The average molecular weight is 446 g/mol. The van der Waals surface area contributed by atoms with E-state index in [-0.39, 0.29) is 5.75 Å². The summed E-state index contributed by atoms with van der Waals surface area (Å²) in [5.41, 5.74) is 5.74. The first-order valence-electron chi connectivity index (χ1n) is 11.5. The lowest BCUT2D eigenvalue weighted by Gasteiger charge is -2.10. The van der Waals surface area contributed by atoms with E-state index in [0.29, 0.717) is 5.69 Å². The van der Waals surface area contributed by atoms with Gasteiger partial charge in [-0.25, -0.2) is 0 Å². The highest BCUT2D eigenvalue weighted by Gasteiger charge is 2.14. The molecule has 4 rings (SSSR count). The number of benzene rings is 3. The summed E-state index contributed by atoms with van der Waals surface area (Å²) in [4.78, 5) is 3.91. The van der Waals surface area contributed by atoms with Crippen molar-refractivity contribution in [3.05, 3.63) is 71.3 Å². The highest BCUT2D eigenvalue weighted by Crippen LogP contribution is 2.32. The lowest BCUT2D eigenvalue weighted by atomic mass is 10.0. The molecule has 4 nitrogen and oxygen atoms in total. The van der Waals surface area contributed by atoms with E-state index in [9.17, 15) is 5.11 Å². The normalized spacial score (nSPS) is 11.3. The van der Waals surface area contributed by atoms with Crippen LogP contribution in [-0.4, -0.2) is 20.1 Å². The fourth-order valence-corrected chi connectivity index (χ4v) is 4.70. The van der Waals surface area contributed by atoms with E-state index in [1.165, 1.54) is 23.3 Å². The van der Waals surface area contributed by atoms with E-state index in [4.69, 9.17) is 0 Å². The van der Waals surface area contributed by atoms with Crippen LogP contribution in [0, 0.1) is 6.92 Å². The first-order chi connectivity index (χ1) is 15.6. The molecule has 0 amide bonds. The standard InChI is InChI=1S/C27H31N3OS/c1-4-6-8-20-10-12-22(13-11-20)32-23-14-15-24-25(18-23)29-30(28-24)26-17-19(3)16-21(27(26)31)9-7-5-2/h10-18,31H,4-9H2,1-3H3. The average Bonchev–Trinajstić information content (AvgIpc) is 3.22. The Bertz CT molecular complexity index is 1200. The monoisotopic (exact) mass is 445 g/mol. The SMILES string of the molecule is CCCCc1ccc(Sc2ccc3nn(-c4cc(C)cc(CCCC)c4O)nc3c2)cc1. The molecule has 0 saturated heterocycles. The second kappa shape index (κ2) is 10.2. The van der Waals surface area contributed by atoms with Crippen molar-refractivity contribution in [2.24, 2.45) is 0 Å². The van der Waals surface area contributed by atoms with Crippen LogP contribution in [0.5, 0.6) is 5.75 Å². The molecule has 0 bridgehead atoms. The van der Waals surface area contributed by atoms with Crippen LogP contribution < -0.4 is 0 Å². The maximum atomic E-state index is 10.8. The second-order valence-electron chi connectivity index (χ2n) is 8.38. The minimum atomic E-state index is 0.280. The molecule has 1 aromatic heterocycles. The molecule has 32 heavy (non-hydrogen) atoms. The molecule has 0 fully saturated rings. The number of fused-ring (bicyclic) bond motifs is 1. The van der Waals surface area contributed by atoms with Crippen LogP contribution in [-0.2, 0) is 12.8 Å². The van der Waals surface area contributed by atoms with Gasteiger partial charge in [-0.1, -0.05) is 56.7 Å². The van der Waals surface area contributed by atoms with Gasteiger partial charge in [0.1, 0.15) is 22.5 Å². The predicted molar refractivity (Wildman–Crippen MR) is 133 cm³/mol. The molecule has 0 aliphatic heterocycles. The van der Waals surface area contributed by atoms with E-state index in [1.54, 1.807) is 16.6 Å². The van der Waals surface area contributed by atoms with Crippen LogP contribution in [0.1, 0.15) is 56.2 Å². The zero-order chi connectivity index (χ0) is 22.5. The number of hydrogen-bond acceptors (Lipinski definition) is 4. The number of hydrogen-bond donors (Lipinski definition) is 1. The summed E-state index contributed by atoms with van der Waals surface area (Å²) in [7, 11) is 0. The van der Waals surface area contributed by atoms with Gasteiger partial charge in [0.2, 0.25) is 0 Å². The summed E-state index contributed by atoms with van der Waals surface area (Å²) in [5.74, 6) is 0.280. The Kier molecular flexibility index (Phi) is 7.15. The van der Waals surface area contributed by atoms with Crippen molar-refractivity contribution < 1.29 is 5.11 Å². The minimum absolute atomic E-state index is 0.280. The molecule has 0 aliphatic rings. The Morgan fingerprint density at radius 3 is 2.25 bits per heavy atom. The molecule has 1 N–H and O–H groups in total. The van der Waals surface area contributed by atoms with Gasteiger partial charge in [-0.15, -0.1) is 15.0 Å². The smallest absolute Gasteiger partial charge is 0.146 e. The molecule has 166 valence electrons. The van der Waals surface area contributed by atoms with Gasteiger partial charge in [-0.3, -0.25) is 0 Å². The summed E-state index contributed by atoms with van der Waals surface area (Å²) in [6, 6.07) is 19.0. The molecule has 0 spiro atoms. The summed E-state index contributed by atoms with van der Waals surface area (Å²) in [6.45, 7) is 6.43. The van der Waals surface area contributed by atoms with Crippen LogP contribution in [0.3, 0.4) is 0 Å². The van der Waals surface area contributed by atoms with Crippen molar-refractivity contribution in [1.29, 1.82) is 0 Å².